The molecule has 0 amide bonds. The predicted octanol–water partition coefficient (Wildman–Crippen LogP) is 2.40. The van der Waals surface area contributed by atoms with Crippen molar-refractivity contribution >= 4 is 0 Å². The Morgan fingerprint density at radius 3 is 2.53 bits per heavy atom. The summed E-state index contributed by atoms with van der Waals surface area (Å²) < 4.78 is 5.35. The van der Waals surface area contributed by atoms with Crippen LogP contribution in [0.4, 0.5) is 0 Å². The van der Waals surface area contributed by atoms with Gasteiger partial charge in [-0.3, -0.25) is 0 Å². The number of nitrogens with one attached hydrogen (secondary N) is 1. The van der Waals surface area contributed by atoms with E-state index in [4.69, 9.17) is 4.74 Å². The van der Waals surface area contributed by atoms with Gasteiger partial charge in [-0.15, -0.1) is 0 Å². The van der Waals surface area contributed by atoms with Crippen LogP contribution in [0.2, 0.25) is 0 Å². The first-order chi connectivity index (χ1) is 9.08. The third-order valence-electron chi connectivity index (χ3n) is 3.58. The van der Waals surface area contributed by atoms with Gasteiger partial charge >= 0.3 is 0 Å². The highest BCUT2D eigenvalue weighted by Crippen LogP contribution is 2.22. The molecule has 0 heterocycles. The molecular formula is C16H28N2O. The topological polar surface area (TPSA) is 24.5 Å². The van der Waals surface area contributed by atoms with Gasteiger partial charge in [0, 0.05) is 6.54 Å². The van der Waals surface area contributed by atoms with Crippen LogP contribution in [0.25, 0.3) is 0 Å². The van der Waals surface area contributed by atoms with E-state index in [1.165, 1.54) is 23.1 Å². The molecule has 3 nitrogen and oxygen atoms in total. The van der Waals surface area contributed by atoms with Crippen LogP contribution in [0.3, 0.4) is 0 Å². The minimum atomic E-state index is 0.989. The van der Waals surface area contributed by atoms with Crippen molar-refractivity contribution in [2.24, 2.45) is 0 Å². The summed E-state index contributed by atoms with van der Waals surface area (Å²) in [6.45, 7) is 7.62. The molecule has 0 aliphatic heterocycles. The van der Waals surface area contributed by atoms with Crippen LogP contribution in [0.1, 0.15) is 23.1 Å². The number of rotatable bonds is 8. The lowest BCUT2D eigenvalue weighted by Crippen LogP contribution is -2.25. The van der Waals surface area contributed by atoms with Crippen LogP contribution >= 0.6 is 0 Å². The normalized spacial score (nSPS) is 11.1. The summed E-state index contributed by atoms with van der Waals surface area (Å²) in [7, 11) is 5.93. The molecule has 0 atom stereocenters. The van der Waals surface area contributed by atoms with Crippen LogP contribution in [0.5, 0.6) is 5.75 Å². The molecule has 1 N–H and O–H groups in total. The molecular weight excluding hydrogens is 236 g/mol. The van der Waals surface area contributed by atoms with E-state index in [2.05, 4.69) is 43.2 Å². The number of methoxy groups -OCH3 is 1. The van der Waals surface area contributed by atoms with E-state index in [1.807, 2.05) is 7.05 Å². The maximum absolute atomic E-state index is 5.35. The Morgan fingerprint density at radius 2 is 1.89 bits per heavy atom. The van der Waals surface area contributed by atoms with Crippen molar-refractivity contribution < 1.29 is 4.74 Å². The fourth-order valence-corrected chi connectivity index (χ4v) is 2.29. The first-order valence-electron chi connectivity index (χ1n) is 7.05. The molecule has 0 bridgehead atoms. The van der Waals surface area contributed by atoms with E-state index in [-0.39, 0.29) is 0 Å². The minimum Gasteiger partial charge on any atom is -0.496 e. The molecule has 0 fully saturated rings. The molecule has 0 radical (unpaired) electrons. The number of ether oxygens (including phenoxy) is 1. The molecule has 0 aliphatic rings. The van der Waals surface area contributed by atoms with Gasteiger partial charge in [0.15, 0.2) is 0 Å². The second-order valence-electron chi connectivity index (χ2n) is 5.26. The average Bonchev–Trinajstić information content (AvgIpc) is 2.39. The quantitative estimate of drug-likeness (QED) is 0.730. The molecule has 0 unspecified atom stereocenters. The Bertz CT molecular complexity index is 391. The van der Waals surface area contributed by atoms with Gasteiger partial charge in [-0.1, -0.05) is 6.07 Å². The Hall–Kier alpha value is -1.06. The second kappa shape index (κ2) is 8.18. The molecule has 1 aromatic rings. The van der Waals surface area contributed by atoms with Crippen molar-refractivity contribution in [2.45, 2.75) is 26.7 Å². The van der Waals surface area contributed by atoms with Crippen molar-refractivity contribution in [3.05, 3.63) is 28.8 Å². The van der Waals surface area contributed by atoms with Gasteiger partial charge in [-0.25, -0.2) is 0 Å². The lowest BCUT2D eigenvalue weighted by atomic mass is 10.0. The molecule has 0 aliphatic carbocycles. The molecule has 19 heavy (non-hydrogen) atoms. The summed E-state index contributed by atoms with van der Waals surface area (Å²) in [6, 6.07) is 4.40. The first kappa shape index (κ1) is 16.0. The highest BCUT2D eigenvalue weighted by Gasteiger charge is 2.06. The molecule has 3 heteroatoms. The SMILES string of the molecule is CNCCCN(C)CCc1cc(C)c(OC)cc1C. The van der Waals surface area contributed by atoms with Crippen molar-refractivity contribution in [2.75, 3.05) is 40.8 Å². The molecule has 1 aromatic carbocycles. The molecule has 0 saturated carbocycles. The zero-order chi connectivity index (χ0) is 14.3. The highest BCUT2D eigenvalue weighted by molar-refractivity contribution is 5.41. The smallest absolute Gasteiger partial charge is 0.122 e. The van der Waals surface area contributed by atoms with E-state index >= 15 is 0 Å². The summed E-state index contributed by atoms with van der Waals surface area (Å²) in [6.07, 6.45) is 2.31. The zero-order valence-electron chi connectivity index (χ0n) is 13.0. The second-order valence-corrected chi connectivity index (χ2v) is 5.26. The predicted molar refractivity (Wildman–Crippen MR) is 82.2 cm³/mol. The third-order valence-corrected chi connectivity index (χ3v) is 3.58. The van der Waals surface area contributed by atoms with Gasteiger partial charge in [0.25, 0.3) is 0 Å². The minimum absolute atomic E-state index is 0.989. The largest absolute Gasteiger partial charge is 0.496 e. The van der Waals surface area contributed by atoms with Gasteiger partial charge in [-0.2, -0.15) is 0 Å². The zero-order valence-corrected chi connectivity index (χ0v) is 13.0. The van der Waals surface area contributed by atoms with Crippen molar-refractivity contribution in [1.82, 2.24) is 10.2 Å². The maximum atomic E-state index is 5.35. The molecule has 0 spiro atoms. The average molecular weight is 264 g/mol. The Kier molecular flexibility index (Phi) is 6.89. The Morgan fingerprint density at radius 1 is 1.16 bits per heavy atom. The van der Waals surface area contributed by atoms with Crippen molar-refractivity contribution in [1.29, 1.82) is 0 Å². The van der Waals surface area contributed by atoms with Gasteiger partial charge < -0.3 is 15.0 Å². The van der Waals surface area contributed by atoms with Crippen LogP contribution in [-0.4, -0.2) is 45.7 Å². The summed E-state index contributed by atoms with van der Waals surface area (Å²) in [5.74, 6) is 0.989. The number of likely N-dealkylation sites (N-methyl/N-ethyl adjacent to an activating group) is 1. The van der Waals surface area contributed by atoms with Gasteiger partial charge in [-0.05, 0) is 76.6 Å². The first-order valence-corrected chi connectivity index (χ1v) is 7.05. The summed E-state index contributed by atoms with van der Waals surface area (Å²) in [5, 5.41) is 3.19. The lowest BCUT2D eigenvalue weighted by molar-refractivity contribution is 0.332. The highest BCUT2D eigenvalue weighted by atomic mass is 16.5. The third kappa shape index (κ3) is 5.21. The van der Waals surface area contributed by atoms with Crippen molar-refractivity contribution in [3.8, 4) is 5.75 Å². The fraction of sp³-hybridized carbons (Fsp3) is 0.625. The van der Waals surface area contributed by atoms with E-state index in [0.29, 0.717) is 0 Å². The molecule has 0 saturated heterocycles. The molecule has 0 aromatic heterocycles. The Balaban J connectivity index is 2.51. The monoisotopic (exact) mass is 264 g/mol. The van der Waals surface area contributed by atoms with E-state index in [0.717, 1.165) is 31.8 Å². The Labute approximate surface area is 118 Å². The molecule has 108 valence electrons. The summed E-state index contributed by atoms with van der Waals surface area (Å²) >= 11 is 0. The maximum Gasteiger partial charge on any atom is 0.122 e. The van der Waals surface area contributed by atoms with E-state index in [9.17, 15) is 0 Å². The fourth-order valence-electron chi connectivity index (χ4n) is 2.29. The van der Waals surface area contributed by atoms with Gasteiger partial charge in [0.2, 0.25) is 0 Å². The number of hydrogen-bond donors (Lipinski definition) is 1. The number of hydrogen-bond acceptors (Lipinski definition) is 3. The lowest BCUT2D eigenvalue weighted by Gasteiger charge is -2.18. The van der Waals surface area contributed by atoms with Crippen LogP contribution in [-0.2, 0) is 6.42 Å². The standard InChI is InChI=1S/C16H28N2O/c1-13-12-16(19-5)14(2)11-15(13)7-10-18(4)9-6-8-17-3/h11-12,17H,6-10H2,1-5H3. The summed E-state index contributed by atoms with van der Waals surface area (Å²) in [4.78, 5) is 2.40. The van der Waals surface area contributed by atoms with Crippen LogP contribution in [0.15, 0.2) is 12.1 Å². The number of nitrogens with zero attached hydrogens (tertiary/aromatic N) is 1. The number of benzene rings is 1. The molecule has 1 rings (SSSR count). The van der Waals surface area contributed by atoms with Gasteiger partial charge in [0.05, 0.1) is 7.11 Å². The van der Waals surface area contributed by atoms with Crippen LogP contribution in [0, 0.1) is 13.8 Å². The van der Waals surface area contributed by atoms with E-state index < -0.39 is 0 Å². The number of aryl methyl sites for hydroxylation is 2. The van der Waals surface area contributed by atoms with Gasteiger partial charge in [0.1, 0.15) is 5.75 Å². The van der Waals surface area contributed by atoms with Crippen LogP contribution < -0.4 is 10.1 Å². The van der Waals surface area contributed by atoms with E-state index in [1.54, 1.807) is 7.11 Å². The van der Waals surface area contributed by atoms with Crippen molar-refractivity contribution in [3.63, 3.8) is 0 Å². The summed E-state index contributed by atoms with van der Waals surface area (Å²) in [5.41, 5.74) is 3.98.